The second-order valence-electron chi connectivity index (χ2n) is 3.31. The predicted octanol–water partition coefficient (Wildman–Crippen LogP) is 0.521. The van der Waals surface area contributed by atoms with E-state index >= 15 is 0 Å². The largest absolute Gasteiger partial charge is 0.236 e. The van der Waals surface area contributed by atoms with Crippen molar-refractivity contribution in [2.24, 2.45) is 0 Å². The zero-order valence-corrected chi connectivity index (χ0v) is 9.49. The topological polar surface area (TPSA) is 68.3 Å². The molecule has 7 heteroatoms. The van der Waals surface area contributed by atoms with Crippen molar-refractivity contribution in [3.05, 3.63) is 0 Å². The minimum Gasteiger partial charge on any atom is -0.229 e. The number of hydrogen-bond acceptors (Lipinski definition) is 4. The van der Waals surface area contributed by atoms with E-state index in [0.29, 0.717) is 19.3 Å². The molecule has 0 spiro atoms. The standard InChI is InChI=1S/C6H11ClO4S2/c1-12(8,9)5-3-2-4-6(5)13(7,10)11/h5-6H,2-4H2,1H3. The van der Waals surface area contributed by atoms with Crippen LogP contribution in [0.25, 0.3) is 0 Å². The first kappa shape index (κ1) is 11.3. The average Bonchev–Trinajstić information content (AvgIpc) is 2.27. The average molecular weight is 247 g/mol. The molecule has 1 fully saturated rings. The summed E-state index contributed by atoms with van der Waals surface area (Å²) in [7, 11) is -1.89. The maximum Gasteiger partial charge on any atom is 0.236 e. The summed E-state index contributed by atoms with van der Waals surface area (Å²) in [5, 5.41) is -1.72. The molecule has 1 rings (SSSR count). The molecule has 0 aliphatic heterocycles. The summed E-state index contributed by atoms with van der Waals surface area (Å²) in [5.41, 5.74) is 0. The summed E-state index contributed by atoms with van der Waals surface area (Å²) in [5.74, 6) is 0. The van der Waals surface area contributed by atoms with Gasteiger partial charge in [-0.1, -0.05) is 6.42 Å². The van der Waals surface area contributed by atoms with E-state index in [4.69, 9.17) is 10.7 Å². The van der Waals surface area contributed by atoms with Gasteiger partial charge in [0.05, 0.1) is 10.5 Å². The van der Waals surface area contributed by atoms with Gasteiger partial charge in [-0.15, -0.1) is 0 Å². The molecule has 0 saturated heterocycles. The highest BCUT2D eigenvalue weighted by Crippen LogP contribution is 2.32. The Labute approximate surface area is 82.6 Å². The molecule has 1 aliphatic carbocycles. The van der Waals surface area contributed by atoms with Crippen molar-refractivity contribution in [3.63, 3.8) is 0 Å². The second-order valence-corrected chi connectivity index (χ2v) is 8.42. The van der Waals surface area contributed by atoms with Crippen molar-refractivity contribution < 1.29 is 16.8 Å². The second kappa shape index (κ2) is 3.40. The van der Waals surface area contributed by atoms with Gasteiger partial charge in [-0.3, -0.25) is 0 Å². The molecule has 1 aliphatic rings. The van der Waals surface area contributed by atoms with Crippen molar-refractivity contribution in [1.29, 1.82) is 0 Å². The first-order chi connectivity index (χ1) is 5.73. The number of hydrogen-bond donors (Lipinski definition) is 0. The third kappa shape index (κ3) is 2.57. The molecular formula is C6H11ClO4S2. The molecule has 0 aromatic heterocycles. The summed E-state index contributed by atoms with van der Waals surface area (Å²) in [6, 6.07) is 0. The van der Waals surface area contributed by atoms with Gasteiger partial charge in [0.15, 0.2) is 9.84 Å². The third-order valence-corrected chi connectivity index (χ3v) is 6.11. The van der Waals surface area contributed by atoms with E-state index in [0.717, 1.165) is 6.26 Å². The highest BCUT2D eigenvalue weighted by molar-refractivity contribution is 8.14. The molecule has 0 radical (unpaired) electrons. The van der Waals surface area contributed by atoms with E-state index in [-0.39, 0.29) is 0 Å². The zero-order valence-electron chi connectivity index (χ0n) is 7.10. The SMILES string of the molecule is CS(=O)(=O)C1CCCC1S(=O)(=O)Cl. The van der Waals surface area contributed by atoms with E-state index in [1.54, 1.807) is 0 Å². The van der Waals surface area contributed by atoms with Crippen LogP contribution < -0.4 is 0 Å². The van der Waals surface area contributed by atoms with Gasteiger partial charge in [-0.05, 0) is 12.8 Å². The van der Waals surface area contributed by atoms with Crippen LogP contribution in [0.3, 0.4) is 0 Å². The molecule has 4 nitrogen and oxygen atoms in total. The van der Waals surface area contributed by atoms with Gasteiger partial charge in [0.2, 0.25) is 9.05 Å². The lowest BCUT2D eigenvalue weighted by Crippen LogP contribution is -2.32. The Kier molecular flexibility index (Phi) is 2.95. The Hall–Kier alpha value is 0.190. The third-order valence-electron chi connectivity index (χ3n) is 2.30. The first-order valence-electron chi connectivity index (χ1n) is 3.85. The van der Waals surface area contributed by atoms with E-state index in [1.165, 1.54) is 0 Å². The fourth-order valence-corrected chi connectivity index (χ4v) is 5.80. The van der Waals surface area contributed by atoms with Crippen LogP contribution in [0.2, 0.25) is 0 Å². The Bertz CT molecular complexity index is 345. The summed E-state index contributed by atoms with van der Waals surface area (Å²) in [4.78, 5) is 0. The van der Waals surface area contributed by atoms with Crippen molar-refractivity contribution in [2.75, 3.05) is 6.26 Å². The van der Waals surface area contributed by atoms with Gasteiger partial charge >= 0.3 is 0 Å². The summed E-state index contributed by atoms with van der Waals surface area (Å²) in [6.07, 6.45) is 2.41. The summed E-state index contributed by atoms with van der Waals surface area (Å²) < 4.78 is 44.3. The van der Waals surface area contributed by atoms with Crippen LogP contribution in [-0.4, -0.2) is 33.6 Å². The van der Waals surface area contributed by atoms with Crippen molar-refractivity contribution >= 4 is 29.6 Å². The molecule has 13 heavy (non-hydrogen) atoms. The molecular weight excluding hydrogens is 236 g/mol. The van der Waals surface area contributed by atoms with Crippen molar-refractivity contribution in [3.8, 4) is 0 Å². The minimum absolute atomic E-state index is 0.351. The fraction of sp³-hybridized carbons (Fsp3) is 1.00. The maximum atomic E-state index is 11.2. The normalized spacial score (nSPS) is 30.6. The maximum absolute atomic E-state index is 11.2. The molecule has 2 unspecified atom stereocenters. The first-order valence-corrected chi connectivity index (χ1v) is 8.18. The van der Waals surface area contributed by atoms with Crippen LogP contribution in [0.15, 0.2) is 0 Å². The molecule has 78 valence electrons. The Morgan fingerprint density at radius 2 is 1.54 bits per heavy atom. The molecule has 0 aromatic carbocycles. The molecule has 0 bridgehead atoms. The number of sulfone groups is 1. The van der Waals surface area contributed by atoms with Gasteiger partial charge in [0, 0.05) is 16.9 Å². The smallest absolute Gasteiger partial charge is 0.229 e. The highest BCUT2D eigenvalue weighted by Gasteiger charge is 2.41. The Morgan fingerprint density at radius 3 is 1.85 bits per heavy atom. The minimum atomic E-state index is -3.74. The van der Waals surface area contributed by atoms with Crippen LogP contribution in [0.1, 0.15) is 19.3 Å². The van der Waals surface area contributed by atoms with Gasteiger partial charge < -0.3 is 0 Å². The summed E-state index contributed by atoms with van der Waals surface area (Å²) in [6.45, 7) is 0. The van der Waals surface area contributed by atoms with Crippen LogP contribution in [0.4, 0.5) is 0 Å². The number of halogens is 1. The molecule has 1 saturated carbocycles. The molecule has 0 N–H and O–H groups in total. The van der Waals surface area contributed by atoms with Crippen LogP contribution >= 0.6 is 10.7 Å². The molecule has 2 atom stereocenters. The van der Waals surface area contributed by atoms with Crippen molar-refractivity contribution in [2.45, 2.75) is 29.8 Å². The lowest BCUT2D eigenvalue weighted by molar-refractivity contribution is 0.573. The lowest BCUT2D eigenvalue weighted by Gasteiger charge is -2.13. The molecule has 0 aromatic rings. The van der Waals surface area contributed by atoms with Crippen molar-refractivity contribution in [1.82, 2.24) is 0 Å². The molecule has 0 heterocycles. The van der Waals surface area contributed by atoms with Gasteiger partial charge in [0.25, 0.3) is 0 Å². The van der Waals surface area contributed by atoms with E-state index in [9.17, 15) is 16.8 Å². The van der Waals surface area contributed by atoms with Gasteiger partial charge in [-0.25, -0.2) is 16.8 Å². The van der Waals surface area contributed by atoms with Crippen LogP contribution in [-0.2, 0) is 18.9 Å². The number of rotatable bonds is 2. The Balaban J connectivity index is 3.03. The Morgan fingerprint density at radius 1 is 1.08 bits per heavy atom. The fourth-order valence-electron chi connectivity index (χ4n) is 1.70. The van der Waals surface area contributed by atoms with Gasteiger partial charge in [-0.2, -0.15) is 0 Å². The van der Waals surface area contributed by atoms with E-state index in [1.807, 2.05) is 0 Å². The van der Waals surface area contributed by atoms with E-state index < -0.39 is 29.4 Å². The zero-order chi connectivity index (χ0) is 10.3. The van der Waals surface area contributed by atoms with Gasteiger partial charge in [0.1, 0.15) is 0 Å². The monoisotopic (exact) mass is 246 g/mol. The van der Waals surface area contributed by atoms with Crippen LogP contribution in [0.5, 0.6) is 0 Å². The lowest BCUT2D eigenvalue weighted by atomic mass is 10.4. The van der Waals surface area contributed by atoms with E-state index in [2.05, 4.69) is 0 Å². The highest BCUT2D eigenvalue weighted by atomic mass is 35.7. The predicted molar refractivity (Wildman–Crippen MR) is 51.0 cm³/mol. The molecule has 0 amide bonds. The van der Waals surface area contributed by atoms with Crippen LogP contribution in [0, 0.1) is 0 Å². The quantitative estimate of drug-likeness (QED) is 0.667. The summed E-state index contributed by atoms with van der Waals surface area (Å²) >= 11 is 0.